The van der Waals surface area contributed by atoms with Gasteiger partial charge in [-0.05, 0) is 43.2 Å². The van der Waals surface area contributed by atoms with Crippen LogP contribution in [0.1, 0.15) is 28.8 Å². The lowest BCUT2D eigenvalue weighted by atomic mass is 9.96. The standard InChI is InChI=1S/C22H16F3N5OS/c1-12-19(20-29-17(11-32-20)15-4-2-13(10-26)3-5-15)16(30-21(31)28-12)8-14-6-7-27-18(9-14)22(23,24)25/h2-7,9,11,16H,8H2,1H3,(H2,28,30,31). The van der Waals surface area contributed by atoms with Crippen molar-refractivity contribution in [3.63, 3.8) is 0 Å². The number of nitrogens with one attached hydrogen (secondary N) is 2. The molecule has 1 unspecified atom stereocenters. The van der Waals surface area contributed by atoms with Crippen LogP contribution in [-0.4, -0.2) is 22.0 Å². The Morgan fingerprint density at radius 1 is 1.22 bits per heavy atom. The van der Waals surface area contributed by atoms with Crippen LogP contribution >= 0.6 is 11.3 Å². The largest absolute Gasteiger partial charge is 0.433 e. The van der Waals surface area contributed by atoms with Crippen LogP contribution in [0.2, 0.25) is 0 Å². The molecule has 0 aliphatic carbocycles. The Bertz CT molecular complexity index is 1240. The summed E-state index contributed by atoms with van der Waals surface area (Å²) in [5, 5.41) is 17.0. The number of carbonyl (C=O) groups excluding carboxylic acids is 1. The second kappa shape index (κ2) is 8.43. The van der Waals surface area contributed by atoms with Crippen molar-refractivity contribution in [3.05, 3.63) is 75.5 Å². The molecule has 0 saturated heterocycles. The monoisotopic (exact) mass is 455 g/mol. The summed E-state index contributed by atoms with van der Waals surface area (Å²) in [4.78, 5) is 20.1. The molecule has 0 saturated carbocycles. The molecule has 3 aromatic rings. The molecule has 162 valence electrons. The summed E-state index contributed by atoms with van der Waals surface area (Å²) < 4.78 is 39.1. The Morgan fingerprint density at radius 3 is 2.66 bits per heavy atom. The molecular formula is C22H16F3N5OS. The molecular weight excluding hydrogens is 439 g/mol. The number of hydrogen-bond donors (Lipinski definition) is 2. The summed E-state index contributed by atoms with van der Waals surface area (Å²) in [7, 11) is 0. The molecule has 10 heteroatoms. The highest BCUT2D eigenvalue weighted by atomic mass is 32.1. The highest BCUT2D eigenvalue weighted by Crippen LogP contribution is 2.33. The van der Waals surface area contributed by atoms with Gasteiger partial charge in [-0.25, -0.2) is 9.78 Å². The van der Waals surface area contributed by atoms with Crippen molar-refractivity contribution in [1.82, 2.24) is 20.6 Å². The second-order valence-electron chi connectivity index (χ2n) is 7.17. The van der Waals surface area contributed by atoms with E-state index < -0.39 is 23.9 Å². The minimum Gasteiger partial charge on any atom is -0.331 e. The maximum absolute atomic E-state index is 13.0. The molecule has 2 aromatic heterocycles. The van der Waals surface area contributed by atoms with Gasteiger partial charge in [-0.2, -0.15) is 18.4 Å². The highest BCUT2D eigenvalue weighted by molar-refractivity contribution is 7.11. The zero-order valence-electron chi connectivity index (χ0n) is 16.7. The van der Waals surface area contributed by atoms with Gasteiger partial charge in [0, 0.05) is 28.4 Å². The average Bonchev–Trinajstić information content (AvgIpc) is 3.22. The summed E-state index contributed by atoms with van der Waals surface area (Å²) in [5.41, 5.74) is 2.79. The summed E-state index contributed by atoms with van der Waals surface area (Å²) in [5.74, 6) is 0. The number of rotatable bonds is 4. The normalized spacial score (nSPS) is 16.3. The van der Waals surface area contributed by atoms with Crippen LogP contribution in [0.5, 0.6) is 0 Å². The third-order valence-electron chi connectivity index (χ3n) is 4.96. The Balaban J connectivity index is 1.66. The van der Waals surface area contributed by atoms with Gasteiger partial charge in [0.2, 0.25) is 0 Å². The van der Waals surface area contributed by atoms with Gasteiger partial charge in [-0.1, -0.05) is 12.1 Å². The number of thiazole rings is 1. The van der Waals surface area contributed by atoms with Gasteiger partial charge in [0.05, 0.1) is 23.4 Å². The molecule has 1 atom stereocenters. The number of alkyl halides is 3. The van der Waals surface area contributed by atoms with Crippen molar-refractivity contribution in [2.45, 2.75) is 25.6 Å². The average molecular weight is 455 g/mol. The van der Waals surface area contributed by atoms with E-state index in [0.717, 1.165) is 17.8 Å². The zero-order chi connectivity index (χ0) is 22.9. The van der Waals surface area contributed by atoms with Crippen molar-refractivity contribution < 1.29 is 18.0 Å². The van der Waals surface area contributed by atoms with E-state index in [1.807, 2.05) is 5.38 Å². The molecule has 2 amide bonds. The van der Waals surface area contributed by atoms with Crippen molar-refractivity contribution in [2.24, 2.45) is 0 Å². The molecule has 1 aliphatic rings. The van der Waals surface area contributed by atoms with Gasteiger partial charge in [-0.3, -0.25) is 4.98 Å². The van der Waals surface area contributed by atoms with E-state index in [1.54, 1.807) is 31.2 Å². The van der Waals surface area contributed by atoms with Gasteiger partial charge in [0.15, 0.2) is 0 Å². The molecule has 1 aliphatic heterocycles. The second-order valence-corrected chi connectivity index (χ2v) is 8.03. The first kappa shape index (κ1) is 21.5. The minimum absolute atomic E-state index is 0.150. The fourth-order valence-electron chi connectivity index (χ4n) is 3.47. The van der Waals surface area contributed by atoms with E-state index in [9.17, 15) is 18.0 Å². The van der Waals surface area contributed by atoms with Crippen molar-refractivity contribution in [1.29, 1.82) is 5.26 Å². The Labute approximate surface area is 185 Å². The van der Waals surface area contributed by atoms with E-state index >= 15 is 0 Å². The molecule has 1 aromatic carbocycles. The van der Waals surface area contributed by atoms with Gasteiger partial charge < -0.3 is 10.6 Å². The number of pyridine rings is 1. The summed E-state index contributed by atoms with van der Waals surface area (Å²) in [6.07, 6.45) is -3.28. The number of urea groups is 1. The number of benzene rings is 1. The van der Waals surface area contributed by atoms with E-state index in [0.29, 0.717) is 33.1 Å². The van der Waals surface area contributed by atoms with Gasteiger partial charge in [0.1, 0.15) is 10.7 Å². The lowest BCUT2D eigenvalue weighted by Crippen LogP contribution is -2.48. The lowest BCUT2D eigenvalue weighted by Gasteiger charge is -2.28. The van der Waals surface area contributed by atoms with Gasteiger partial charge in [-0.15, -0.1) is 11.3 Å². The Kier molecular flexibility index (Phi) is 5.67. The fourth-order valence-corrected chi connectivity index (χ4v) is 4.45. The van der Waals surface area contributed by atoms with Crippen LogP contribution in [-0.2, 0) is 12.6 Å². The Hall–Kier alpha value is -3.71. The highest BCUT2D eigenvalue weighted by Gasteiger charge is 2.33. The summed E-state index contributed by atoms with van der Waals surface area (Å²) in [6.45, 7) is 1.73. The number of carbonyl (C=O) groups is 1. The maximum Gasteiger partial charge on any atom is 0.433 e. The first-order valence-corrected chi connectivity index (χ1v) is 10.4. The quantitative estimate of drug-likeness (QED) is 0.594. The maximum atomic E-state index is 13.0. The molecule has 0 fully saturated rings. The predicted octanol–water partition coefficient (Wildman–Crippen LogP) is 4.75. The topological polar surface area (TPSA) is 90.7 Å². The number of hydrogen-bond acceptors (Lipinski definition) is 5. The number of aromatic nitrogens is 2. The first-order valence-electron chi connectivity index (χ1n) is 9.51. The minimum atomic E-state index is -4.55. The molecule has 0 spiro atoms. The number of amides is 2. The van der Waals surface area contributed by atoms with Crippen LogP contribution in [0.4, 0.5) is 18.0 Å². The van der Waals surface area contributed by atoms with Crippen LogP contribution in [0.15, 0.2) is 53.7 Å². The first-order chi connectivity index (χ1) is 15.2. The van der Waals surface area contributed by atoms with Crippen molar-refractivity contribution in [3.8, 4) is 17.3 Å². The van der Waals surface area contributed by atoms with Gasteiger partial charge >= 0.3 is 12.2 Å². The summed E-state index contributed by atoms with van der Waals surface area (Å²) in [6, 6.07) is 10.6. The molecule has 32 heavy (non-hydrogen) atoms. The SMILES string of the molecule is CC1=C(c2nc(-c3ccc(C#N)cc3)cs2)C(Cc2ccnc(C(F)(F)F)c2)NC(=O)N1. The van der Waals surface area contributed by atoms with Crippen LogP contribution in [0.3, 0.4) is 0 Å². The third-order valence-corrected chi connectivity index (χ3v) is 5.83. The smallest absolute Gasteiger partial charge is 0.331 e. The van der Waals surface area contributed by atoms with E-state index in [4.69, 9.17) is 5.26 Å². The molecule has 3 heterocycles. The zero-order valence-corrected chi connectivity index (χ0v) is 17.5. The van der Waals surface area contributed by atoms with Crippen LogP contribution in [0.25, 0.3) is 16.8 Å². The number of nitriles is 1. The molecule has 4 rings (SSSR count). The molecule has 6 nitrogen and oxygen atoms in total. The predicted molar refractivity (Wildman–Crippen MR) is 113 cm³/mol. The fraction of sp³-hybridized carbons (Fsp3) is 0.182. The lowest BCUT2D eigenvalue weighted by molar-refractivity contribution is -0.141. The van der Waals surface area contributed by atoms with Gasteiger partial charge in [0.25, 0.3) is 0 Å². The molecule has 2 N–H and O–H groups in total. The summed E-state index contributed by atoms with van der Waals surface area (Å²) >= 11 is 1.37. The molecule has 0 bridgehead atoms. The van der Waals surface area contributed by atoms with Crippen molar-refractivity contribution in [2.75, 3.05) is 0 Å². The van der Waals surface area contributed by atoms with Crippen molar-refractivity contribution >= 4 is 22.9 Å². The number of halogens is 3. The third kappa shape index (κ3) is 4.48. The molecule has 0 radical (unpaired) electrons. The van der Waals surface area contributed by atoms with E-state index in [1.165, 1.54) is 17.4 Å². The van der Waals surface area contributed by atoms with E-state index in [2.05, 4.69) is 26.7 Å². The van der Waals surface area contributed by atoms with Crippen LogP contribution < -0.4 is 10.6 Å². The number of allylic oxidation sites excluding steroid dienone is 1. The van der Waals surface area contributed by atoms with Crippen LogP contribution in [0, 0.1) is 11.3 Å². The Morgan fingerprint density at radius 2 is 1.97 bits per heavy atom. The number of nitrogens with zero attached hydrogens (tertiary/aromatic N) is 3. The van der Waals surface area contributed by atoms with E-state index in [-0.39, 0.29) is 6.42 Å².